The lowest BCUT2D eigenvalue weighted by atomic mass is 9.92. The summed E-state index contributed by atoms with van der Waals surface area (Å²) in [4.78, 5) is 12.1. The molecule has 3 N–H and O–H groups in total. The number of ether oxygens (including phenoxy) is 2. The van der Waals surface area contributed by atoms with Crippen molar-refractivity contribution in [1.29, 1.82) is 0 Å². The van der Waals surface area contributed by atoms with E-state index in [1.807, 2.05) is 31.2 Å². The number of amides is 1. The summed E-state index contributed by atoms with van der Waals surface area (Å²) in [5, 5.41) is 2.90. The zero-order valence-electron chi connectivity index (χ0n) is 12.9. The first-order valence-electron chi connectivity index (χ1n) is 7.53. The van der Waals surface area contributed by atoms with Gasteiger partial charge in [-0.25, -0.2) is 0 Å². The monoisotopic (exact) mass is 328 g/mol. The molecule has 1 aromatic carbocycles. The van der Waals surface area contributed by atoms with Crippen LogP contribution >= 0.6 is 12.4 Å². The highest BCUT2D eigenvalue weighted by Crippen LogP contribution is 2.18. The van der Waals surface area contributed by atoms with E-state index in [0.717, 1.165) is 24.2 Å². The number of hydrogen-bond donors (Lipinski definition) is 2. The van der Waals surface area contributed by atoms with E-state index >= 15 is 0 Å². The maximum Gasteiger partial charge on any atom is 0.237 e. The van der Waals surface area contributed by atoms with Crippen molar-refractivity contribution < 1.29 is 14.3 Å². The summed E-state index contributed by atoms with van der Waals surface area (Å²) in [7, 11) is 0. The Kier molecular flexibility index (Phi) is 8.24. The standard InChI is InChI=1S/C16H24N2O3.ClH/c1-2-21-14-5-3-12(4-6-14)11-18-16(19)15(17)13-7-9-20-10-8-13;/h3-6,13,15H,2,7-11,17H2,1H3,(H,18,19);1H. The predicted molar refractivity (Wildman–Crippen MR) is 88.2 cm³/mol. The number of rotatable bonds is 6. The summed E-state index contributed by atoms with van der Waals surface area (Å²) >= 11 is 0. The molecule has 1 fully saturated rings. The summed E-state index contributed by atoms with van der Waals surface area (Å²) in [6.45, 7) is 4.49. The molecule has 0 spiro atoms. The molecule has 124 valence electrons. The second-order valence-electron chi connectivity index (χ2n) is 5.27. The molecular weight excluding hydrogens is 304 g/mol. The van der Waals surface area contributed by atoms with Crippen LogP contribution < -0.4 is 15.8 Å². The molecule has 6 heteroatoms. The molecule has 0 aliphatic carbocycles. The fourth-order valence-electron chi connectivity index (χ4n) is 2.47. The van der Waals surface area contributed by atoms with Crippen LogP contribution in [0.15, 0.2) is 24.3 Å². The van der Waals surface area contributed by atoms with E-state index in [1.165, 1.54) is 0 Å². The van der Waals surface area contributed by atoms with Crippen molar-refractivity contribution in [3.63, 3.8) is 0 Å². The van der Waals surface area contributed by atoms with Crippen molar-refractivity contribution in [2.24, 2.45) is 11.7 Å². The highest BCUT2D eigenvalue weighted by molar-refractivity contribution is 5.85. The van der Waals surface area contributed by atoms with Crippen molar-refractivity contribution in [1.82, 2.24) is 5.32 Å². The van der Waals surface area contributed by atoms with E-state index in [9.17, 15) is 4.79 Å². The molecule has 22 heavy (non-hydrogen) atoms. The normalized spacial score (nSPS) is 16.5. The number of carbonyl (C=O) groups is 1. The van der Waals surface area contributed by atoms with Gasteiger partial charge in [-0.15, -0.1) is 12.4 Å². The minimum Gasteiger partial charge on any atom is -0.494 e. The van der Waals surface area contributed by atoms with Gasteiger partial charge < -0.3 is 20.5 Å². The quantitative estimate of drug-likeness (QED) is 0.836. The molecular formula is C16H25ClN2O3. The van der Waals surface area contributed by atoms with Gasteiger partial charge in [-0.05, 0) is 43.4 Å². The minimum absolute atomic E-state index is 0. The SMILES string of the molecule is CCOc1ccc(CNC(=O)C(N)C2CCOCC2)cc1.Cl. The number of benzene rings is 1. The van der Waals surface area contributed by atoms with Crippen LogP contribution in [-0.4, -0.2) is 31.8 Å². The summed E-state index contributed by atoms with van der Waals surface area (Å²) in [6.07, 6.45) is 1.72. The van der Waals surface area contributed by atoms with E-state index in [1.54, 1.807) is 0 Å². The summed E-state index contributed by atoms with van der Waals surface area (Å²) in [5.41, 5.74) is 7.07. The number of carbonyl (C=O) groups excluding carboxylic acids is 1. The molecule has 1 heterocycles. The predicted octanol–water partition coefficient (Wildman–Crippen LogP) is 1.88. The molecule has 5 nitrogen and oxygen atoms in total. The van der Waals surface area contributed by atoms with Gasteiger partial charge in [-0.2, -0.15) is 0 Å². The van der Waals surface area contributed by atoms with Gasteiger partial charge in [0.2, 0.25) is 5.91 Å². The van der Waals surface area contributed by atoms with Gasteiger partial charge in [-0.1, -0.05) is 12.1 Å². The highest BCUT2D eigenvalue weighted by atomic mass is 35.5. The van der Waals surface area contributed by atoms with Gasteiger partial charge in [-0.3, -0.25) is 4.79 Å². The molecule has 2 rings (SSSR count). The molecule has 0 bridgehead atoms. The molecule has 1 amide bonds. The molecule has 1 aliphatic rings. The van der Waals surface area contributed by atoms with Crippen molar-refractivity contribution in [2.75, 3.05) is 19.8 Å². The third-order valence-corrected chi connectivity index (χ3v) is 3.78. The Hall–Kier alpha value is -1.30. The third kappa shape index (κ3) is 5.48. The van der Waals surface area contributed by atoms with E-state index in [4.69, 9.17) is 15.2 Å². The van der Waals surface area contributed by atoms with Crippen molar-refractivity contribution in [3.05, 3.63) is 29.8 Å². The van der Waals surface area contributed by atoms with Crippen LogP contribution in [0, 0.1) is 5.92 Å². The average Bonchev–Trinajstić information content (AvgIpc) is 2.54. The Morgan fingerprint density at radius 2 is 2.00 bits per heavy atom. The molecule has 1 aliphatic heterocycles. The molecule has 0 saturated carbocycles. The maximum absolute atomic E-state index is 12.1. The topological polar surface area (TPSA) is 73.6 Å². The first-order chi connectivity index (χ1) is 10.2. The van der Waals surface area contributed by atoms with E-state index in [0.29, 0.717) is 26.4 Å². The van der Waals surface area contributed by atoms with E-state index in [-0.39, 0.29) is 24.2 Å². The van der Waals surface area contributed by atoms with Gasteiger partial charge in [0.25, 0.3) is 0 Å². The number of hydrogen-bond acceptors (Lipinski definition) is 4. The number of halogens is 1. The van der Waals surface area contributed by atoms with Crippen LogP contribution in [0.4, 0.5) is 0 Å². The molecule has 1 atom stereocenters. The van der Waals surface area contributed by atoms with Crippen LogP contribution in [0.25, 0.3) is 0 Å². The van der Waals surface area contributed by atoms with Crippen LogP contribution in [0.2, 0.25) is 0 Å². The fourth-order valence-corrected chi connectivity index (χ4v) is 2.47. The lowest BCUT2D eigenvalue weighted by molar-refractivity contribution is -0.124. The maximum atomic E-state index is 12.1. The first kappa shape index (κ1) is 18.7. The van der Waals surface area contributed by atoms with Gasteiger partial charge in [0.1, 0.15) is 5.75 Å². The molecule has 1 saturated heterocycles. The van der Waals surface area contributed by atoms with Gasteiger partial charge in [0.15, 0.2) is 0 Å². The Bertz CT molecular complexity index is 447. The Labute approximate surface area is 138 Å². The van der Waals surface area contributed by atoms with Crippen LogP contribution in [-0.2, 0) is 16.1 Å². The average molecular weight is 329 g/mol. The lowest BCUT2D eigenvalue weighted by Gasteiger charge is -2.26. The smallest absolute Gasteiger partial charge is 0.237 e. The van der Waals surface area contributed by atoms with Crippen LogP contribution in [0.5, 0.6) is 5.75 Å². The molecule has 0 aromatic heterocycles. The Morgan fingerprint density at radius 3 is 2.59 bits per heavy atom. The van der Waals surface area contributed by atoms with Crippen molar-refractivity contribution >= 4 is 18.3 Å². The van der Waals surface area contributed by atoms with E-state index in [2.05, 4.69) is 5.32 Å². The summed E-state index contributed by atoms with van der Waals surface area (Å²) in [6, 6.07) is 7.26. The summed E-state index contributed by atoms with van der Waals surface area (Å²) < 4.78 is 10.7. The van der Waals surface area contributed by atoms with Crippen molar-refractivity contribution in [3.8, 4) is 5.75 Å². The number of nitrogens with one attached hydrogen (secondary N) is 1. The van der Waals surface area contributed by atoms with Crippen molar-refractivity contribution in [2.45, 2.75) is 32.4 Å². The van der Waals surface area contributed by atoms with E-state index < -0.39 is 6.04 Å². The fraction of sp³-hybridized carbons (Fsp3) is 0.562. The number of nitrogens with two attached hydrogens (primary N) is 1. The first-order valence-corrected chi connectivity index (χ1v) is 7.53. The molecule has 1 unspecified atom stereocenters. The Morgan fingerprint density at radius 1 is 1.36 bits per heavy atom. The summed E-state index contributed by atoms with van der Waals surface area (Å²) in [5.74, 6) is 0.973. The van der Waals surface area contributed by atoms with Crippen LogP contribution in [0.3, 0.4) is 0 Å². The van der Waals surface area contributed by atoms with Crippen LogP contribution in [0.1, 0.15) is 25.3 Å². The largest absolute Gasteiger partial charge is 0.494 e. The van der Waals surface area contributed by atoms with Gasteiger partial charge in [0.05, 0.1) is 12.6 Å². The van der Waals surface area contributed by atoms with Gasteiger partial charge >= 0.3 is 0 Å². The zero-order valence-corrected chi connectivity index (χ0v) is 13.7. The molecule has 0 radical (unpaired) electrons. The molecule has 1 aromatic rings. The zero-order chi connectivity index (χ0) is 15.1. The van der Waals surface area contributed by atoms with Gasteiger partial charge in [0, 0.05) is 19.8 Å². The highest BCUT2D eigenvalue weighted by Gasteiger charge is 2.26. The second-order valence-corrected chi connectivity index (χ2v) is 5.27. The third-order valence-electron chi connectivity index (χ3n) is 3.78. The Balaban J connectivity index is 0.00000242. The second kappa shape index (κ2) is 9.66. The minimum atomic E-state index is -0.448. The lowest BCUT2D eigenvalue weighted by Crippen LogP contribution is -2.46.